The van der Waals surface area contributed by atoms with Crippen molar-refractivity contribution in [3.05, 3.63) is 91.9 Å². The molecule has 1 heterocycles. The smallest absolute Gasteiger partial charge is 0.335 e. The fourth-order valence-corrected chi connectivity index (χ4v) is 4.64. The van der Waals surface area contributed by atoms with Crippen LogP contribution in [0, 0.1) is 0 Å². The highest BCUT2D eigenvalue weighted by Gasteiger charge is 2.36. The number of aryl methyl sites for hydroxylation is 1. The zero-order chi connectivity index (χ0) is 25.8. The molecule has 4 rings (SSSR count). The Morgan fingerprint density at radius 3 is 2.36 bits per heavy atom. The van der Waals surface area contributed by atoms with Crippen LogP contribution in [0.25, 0.3) is 6.08 Å². The van der Waals surface area contributed by atoms with Crippen LogP contribution in [0.2, 0.25) is 0 Å². The Hall–Kier alpha value is -3.43. The number of nitrogens with zero attached hydrogens (tertiary/aromatic N) is 1. The van der Waals surface area contributed by atoms with Gasteiger partial charge < -0.3 is 9.47 Å². The lowest BCUT2D eigenvalue weighted by Gasteiger charge is -2.26. The number of nitrogens with one attached hydrogen (secondary N) is 1. The first kappa shape index (κ1) is 25.7. The van der Waals surface area contributed by atoms with Crippen molar-refractivity contribution in [1.29, 1.82) is 0 Å². The molecule has 9 heteroatoms. The van der Waals surface area contributed by atoms with E-state index in [1.165, 1.54) is 13.2 Å². The van der Waals surface area contributed by atoms with Crippen molar-refractivity contribution in [1.82, 2.24) is 5.32 Å². The number of methoxy groups -OCH3 is 1. The Bertz CT molecular complexity index is 1370. The zero-order valence-electron chi connectivity index (χ0n) is 19.5. The first-order valence-electron chi connectivity index (χ1n) is 11.1. The van der Waals surface area contributed by atoms with Gasteiger partial charge >= 0.3 is 6.03 Å². The molecule has 4 amide bonds. The van der Waals surface area contributed by atoms with Gasteiger partial charge in [-0.25, -0.2) is 9.69 Å². The van der Waals surface area contributed by atoms with E-state index in [1.54, 1.807) is 24.3 Å². The maximum atomic E-state index is 13.2. The number of halogens is 2. The van der Waals surface area contributed by atoms with Crippen molar-refractivity contribution < 1.29 is 23.9 Å². The van der Waals surface area contributed by atoms with E-state index in [-0.39, 0.29) is 5.57 Å². The van der Waals surface area contributed by atoms with E-state index in [0.717, 1.165) is 26.9 Å². The molecule has 0 saturated carbocycles. The van der Waals surface area contributed by atoms with Crippen LogP contribution in [0.3, 0.4) is 0 Å². The number of barbiturate groups is 1. The predicted molar refractivity (Wildman–Crippen MR) is 144 cm³/mol. The van der Waals surface area contributed by atoms with Gasteiger partial charge in [-0.05, 0) is 69.9 Å². The lowest BCUT2D eigenvalue weighted by atomic mass is 10.1. The predicted octanol–water partition coefficient (Wildman–Crippen LogP) is 6.03. The number of carbonyl (C=O) groups excluding carboxylic acids is 3. The lowest BCUT2D eigenvalue weighted by molar-refractivity contribution is -0.122. The van der Waals surface area contributed by atoms with Crippen molar-refractivity contribution in [2.75, 3.05) is 12.0 Å². The number of amides is 4. The highest BCUT2D eigenvalue weighted by Crippen LogP contribution is 2.38. The molecule has 36 heavy (non-hydrogen) atoms. The van der Waals surface area contributed by atoms with Gasteiger partial charge in [-0.3, -0.25) is 14.9 Å². The van der Waals surface area contributed by atoms with Crippen LogP contribution < -0.4 is 19.7 Å². The first-order chi connectivity index (χ1) is 17.3. The molecule has 3 aromatic carbocycles. The second kappa shape index (κ2) is 11.1. The number of ether oxygens (including phenoxy) is 2. The van der Waals surface area contributed by atoms with Crippen LogP contribution in [-0.2, 0) is 22.6 Å². The van der Waals surface area contributed by atoms with Gasteiger partial charge in [0.1, 0.15) is 12.2 Å². The van der Waals surface area contributed by atoms with E-state index in [9.17, 15) is 14.4 Å². The molecule has 0 aliphatic carbocycles. The summed E-state index contributed by atoms with van der Waals surface area (Å²) in [5.41, 5.74) is 2.74. The molecule has 0 spiro atoms. The number of anilines is 1. The molecule has 0 bridgehead atoms. The van der Waals surface area contributed by atoms with Gasteiger partial charge in [-0.2, -0.15) is 0 Å². The number of hydrogen-bond acceptors (Lipinski definition) is 5. The Labute approximate surface area is 225 Å². The van der Waals surface area contributed by atoms with Crippen molar-refractivity contribution in [2.24, 2.45) is 0 Å². The highest BCUT2D eigenvalue weighted by atomic mass is 79.9. The molecule has 1 aliphatic rings. The molecule has 0 radical (unpaired) electrons. The van der Waals surface area contributed by atoms with E-state index in [4.69, 9.17) is 9.47 Å². The number of rotatable bonds is 7. The Kier molecular flexibility index (Phi) is 7.91. The van der Waals surface area contributed by atoms with Gasteiger partial charge in [0.15, 0.2) is 11.5 Å². The molecule has 0 atom stereocenters. The second-order valence-electron chi connectivity index (χ2n) is 7.89. The number of hydrogen-bond donors (Lipinski definition) is 1. The minimum atomic E-state index is -0.791. The fourth-order valence-electron chi connectivity index (χ4n) is 3.67. The molecule has 184 valence electrons. The average Bonchev–Trinajstić information content (AvgIpc) is 2.86. The number of urea groups is 1. The van der Waals surface area contributed by atoms with Gasteiger partial charge in [-0.1, -0.05) is 53.2 Å². The molecule has 3 aromatic rings. The average molecular weight is 614 g/mol. The van der Waals surface area contributed by atoms with Crippen LogP contribution >= 0.6 is 31.9 Å². The third kappa shape index (κ3) is 5.37. The summed E-state index contributed by atoms with van der Waals surface area (Å²) in [4.78, 5) is 39.2. The third-order valence-corrected chi connectivity index (χ3v) is 6.96. The molecule has 1 N–H and O–H groups in total. The number of carbonyl (C=O) groups is 3. The Morgan fingerprint density at radius 2 is 1.69 bits per heavy atom. The fraction of sp³-hybridized carbons (Fsp3) is 0.148. The van der Waals surface area contributed by atoms with Crippen LogP contribution in [0.1, 0.15) is 23.6 Å². The van der Waals surface area contributed by atoms with Crippen LogP contribution in [0.15, 0.2) is 75.2 Å². The maximum Gasteiger partial charge on any atom is 0.335 e. The summed E-state index contributed by atoms with van der Waals surface area (Å²) < 4.78 is 13.0. The zero-order valence-corrected chi connectivity index (χ0v) is 22.7. The summed E-state index contributed by atoms with van der Waals surface area (Å²) in [5.74, 6) is -0.592. The van der Waals surface area contributed by atoms with Crippen LogP contribution in [0.4, 0.5) is 10.5 Å². The molecule has 1 fully saturated rings. The van der Waals surface area contributed by atoms with Gasteiger partial charge in [0, 0.05) is 10.0 Å². The highest BCUT2D eigenvalue weighted by molar-refractivity contribution is 9.10. The Morgan fingerprint density at radius 1 is 0.972 bits per heavy atom. The number of imide groups is 2. The summed E-state index contributed by atoms with van der Waals surface area (Å²) in [7, 11) is 1.50. The minimum Gasteiger partial charge on any atom is -0.493 e. The number of benzene rings is 3. The summed E-state index contributed by atoms with van der Waals surface area (Å²) in [6.45, 7) is 2.31. The van der Waals surface area contributed by atoms with Gasteiger partial charge in [0.05, 0.1) is 17.3 Å². The van der Waals surface area contributed by atoms with E-state index in [2.05, 4.69) is 37.2 Å². The Balaban J connectivity index is 1.64. The van der Waals surface area contributed by atoms with E-state index < -0.39 is 17.8 Å². The van der Waals surface area contributed by atoms with Crippen molar-refractivity contribution >= 4 is 61.5 Å². The lowest BCUT2D eigenvalue weighted by Crippen LogP contribution is -2.54. The van der Waals surface area contributed by atoms with E-state index in [1.807, 2.05) is 43.3 Å². The van der Waals surface area contributed by atoms with Gasteiger partial charge in [0.25, 0.3) is 11.8 Å². The molecule has 1 aliphatic heterocycles. The summed E-state index contributed by atoms with van der Waals surface area (Å²) in [5, 5.41) is 2.24. The molecular weight excluding hydrogens is 592 g/mol. The SMILES string of the molecule is CCc1ccc(N2C(=O)NC(=O)/C(=C\c3cc(Br)c(OCc4ccccc4Br)c(OC)c3)C2=O)cc1. The molecular formula is C27H22Br2N2O5. The first-order valence-corrected chi connectivity index (χ1v) is 12.6. The van der Waals surface area contributed by atoms with Crippen molar-refractivity contribution in [2.45, 2.75) is 20.0 Å². The largest absolute Gasteiger partial charge is 0.493 e. The summed E-state index contributed by atoms with van der Waals surface area (Å²) in [6, 6.07) is 17.3. The molecule has 7 nitrogen and oxygen atoms in total. The van der Waals surface area contributed by atoms with Gasteiger partial charge in [0.2, 0.25) is 0 Å². The van der Waals surface area contributed by atoms with E-state index >= 15 is 0 Å². The summed E-state index contributed by atoms with van der Waals surface area (Å²) >= 11 is 7.01. The topological polar surface area (TPSA) is 84.9 Å². The van der Waals surface area contributed by atoms with Gasteiger partial charge in [-0.15, -0.1) is 0 Å². The second-order valence-corrected chi connectivity index (χ2v) is 9.60. The molecule has 1 saturated heterocycles. The monoisotopic (exact) mass is 612 g/mol. The third-order valence-electron chi connectivity index (χ3n) is 5.60. The standard InChI is InChI=1S/C27H22Br2N2O5/c1-3-16-8-10-19(11-9-16)31-26(33)20(25(32)30-27(31)34)12-17-13-22(29)24(23(14-17)35-2)36-15-18-6-4-5-7-21(18)28/h4-14H,3,15H2,1-2H3,(H,30,32,34)/b20-12+. The molecule has 0 unspecified atom stereocenters. The maximum absolute atomic E-state index is 13.2. The van der Waals surface area contributed by atoms with Crippen LogP contribution in [0.5, 0.6) is 11.5 Å². The van der Waals surface area contributed by atoms with Crippen molar-refractivity contribution in [3.8, 4) is 11.5 Å². The summed E-state index contributed by atoms with van der Waals surface area (Å²) in [6.07, 6.45) is 2.24. The normalized spacial score (nSPS) is 14.7. The quantitative estimate of drug-likeness (QED) is 0.260. The van der Waals surface area contributed by atoms with Crippen molar-refractivity contribution in [3.63, 3.8) is 0 Å². The molecule has 0 aromatic heterocycles. The minimum absolute atomic E-state index is 0.176. The van der Waals surface area contributed by atoms with E-state index in [0.29, 0.717) is 33.8 Å². The van der Waals surface area contributed by atoms with Crippen LogP contribution in [-0.4, -0.2) is 25.0 Å².